The summed E-state index contributed by atoms with van der Waals surface area (Å²) in [6.07, 6.45) is 4.55. The Morgan fingerprint density at radius 3 is 1.17 bits per heavy atom. The highest BCUT2D eigenvalue weighted by Crippen LogP contribution is 2.59. The van der Waals surface area contributed by atoms with Crippen molar-refractivity contribution in [1.29, 1.82) is 0 Å². The van der Waals surface area contributed by atoms with Crippen LogP contribution in [0.4, 0.5) is 23.3 Å². The number of hydrogen-bond acceptors (Lipinski definition) is 8. The summed E-state index contributed by atoms with van der Waals surface area (Å²) in [5.41, 5.74) is 10.4. The van der Waals surface area contributed by atoms with E-state index >= 15 is 0 Å². The molecule has 0 radical (unpaired) electrons. The van der Waals surface area contributed by atoms with E-state index in [4.69, 9.17) is 29.9 Å². The molecule has 10 aromatic carbocycles. The van der Waals surface area contributed by atoms with Crippen molar-refractivity contribution in [3.05, 3.63) is 247 Å². The van der Waals surface area contributed by atoms with Gasteiger partial charge in [0.25, 0.3) is 0 Å². The van der Waals surface area contributed by atoms with Crippen LogP contribution in [0.5, 0.6) is 0 Å². The summed E-state index contributed by atoms with van der Waals surface area (Å²) in [4.78, 5) is 37.3. The molecule has 0 fully saturated rings. The summed E-state index contributed by atoms with van der Waals surface area (Å²) in [5, 5.41) is 8.79. The number of anilines is 4. The molecule has 12 aromatic rings. The van der Waals surface area contributed by atoms with E-state index < -0.39 is 0 Å². The molecule has 8 heteroatoms. The number of aromatic nitrogens is 6. The predicted octanol–water partition coefficient (Wildman–Crippen LogP) is 15.1. The van der Waals surface area contributed by atoms with Gasteiger partial charge in [-0.25, -0.2) is 9.97 Å². The third-order valence-corrected chi connectivity index (χ3v) is 14.7. The van der Waals surface area contributed by atoms with Crippen molar-refractivity contribution in [2.24, 2.45) is 0 Å². The number of fused-ring (bicyclic) bond motifs is 11. The molecular weight excluding hydrogens is 881 g/mol. The molecule has 2 aliphatic heterocycles. The Kier molecular flexibility index (Phi) is 8.91. The van der Waals surface area contributed by atoms with Crippen LogP contribution >= 0.6 is 0 Å². The zero-order valence-electron chi connectivity index (χ0n) is 38.7. The molecule has 72 heavy (non-hydrogen) atoms. The first-order valence-corrected chi connectivity index (χ1v) is 24.4. The fourth-order valence-corrected chi connectivity index (χ4v) is 11.5. The Morgan fingerprint density at radius 2 is 0.681 bits per heavy atom. The van der Waals surface area contributed by atoms with E-state index in [1.165, 1.54) is 5.57 Å². The number of hydrogen-bond donors (Lipinski definition) is 0. The predicted molar refractivity (Wildman–Crippen MR) is 291 cm³/mol. The van der Waals surface area contributed by atoms with Crippen LogP contribution in [0.25, 0.3) is 94.2 Å². The summed E-state index contributed by atoms with van der Waals surface area (Å²) in [6, 6.07) is 76.2. The molecule has 0 amide bonds. The third-order valence-electron chi connectivity index (χ3n) is 14.7. The highest BCUT2D eigenvalue weighted by Gasteiger charge is 2.50. The summed E-state index contributed by atoms with van der Waals surface area (Å²) < 4.78 is 0. The second-order valence-corrected chi connectivity index (χ2v) is 18.6. The SMILES string of the molecule is C1=C2c3ccccc3N(c3nc(-c4cccc5ccccc45)nc(-c4cccc5ccccc45)n3)C2C2C(=C1)N(c1nc(-c3cccc4ccccc34)nc(-c3cccc4ccccc34)n1)c1ccccc12. The summed E-state index contributed by atoms with van der Waals surface area (Å²) >= 11 is 0. The maximum absolute atomic E-state index is 5.53. The van der Waals surface area contributed by atoms with Crippen LogP contribution in [0, 0.1) is 0 Å². The fraction of sp³-hybridized carbons (Fsp3) is 0.0312. The smallest absolute Gasteiger partial charge is 0.238 e. The van der Waals surface area contributed by atoms with Gasteiger partial charge in [-0.05, 0) is 72.4 Å². The fourth-order valence-electron chi connectivity index (χ4n) is 11.5. The zero-order chi connectivity index (χ0) is 47.3. The monoisotopic (exact) mass is 920 g/mol. The van der Waals surface area contributed by atoms with E-state index in [1.54, 1.807) is 0 Å². The molecule has 0 N–H and O–H groups in total. The molecule has 0 spiro atoms. The molecule has 15 rings (SSSR count). The van der Waals surface area contributed by atoms with Crippen molar-refractivity contribution < 1.29 is 0 Å². The molecule has 0 bridgehead atoms. The van der Waals surface area contributed by atoms with Crippen LogP contribution in [0.2, 0.25) is 0 Å². The lowest BCUT2D eigenvalue weighted by molar-refractivity contribution is 0.688. The summed E-state index contributed by atoms with van der Waals surface area (Å²) in [6.45, 7) is 0. The highest BCUT2D eigenvalue weighted by atomic mass is 15.3. The number of benzene rings is 10. The minimum absolute atomic E-state index is 0.175. The summed E-state index contributed by atoms with van der Waals surface area (Å²) in [5.74, 6) is 3.39. The molecule has 0 saturated heterocycles. The second kappa shape index (κ2) is 15.9. The van der Waals surface area contributed by atoms with Gasteiger partial charge in [-0.1, -0.05) is 212 Å². The molecular formula is C64H40N8. The van der Waals surface area contributed by atoms with Crippen molar-refractivity contribution >= 4 is 71.9 Å². The number of allylic oxidation sites excluding steroid dienone is 2. The molecule has 1 aliphatic carbocycles. The Bertz CT molecular complexity index is 4080. The second-order valence-electron chi connectivity index (χ2n) is 18.6. The van der Waals surface area contributed by atoms with E-state index in [-0.39, 0.29) is 12.0 Å². The van der Waals surface area contributed by atoms with Gasteiger partial charge in [0.2, 0.25) is 11.9 Å². The number of para-hydroxylation sites is 2. The van der Waals surface area contributed by atoms with E-state index in [2.05, 4.69) is 240 Å². The Hall–Kier alpha value is -9.66. The zero-order valence-corrected chi connectivity index (χ0v) is 38.7. The largest absolute Gasteiger partial charge is 0.301 e. The van der Waals surface area contributed by atoms with Gasteiger partial charge in [0, 0.05) is 33.5 Å². The molecule has 2 unspecified atom stereocenters. The van der Waals surface area contributed by atoms with E-state index in [0.717, 1.165) is 93.5 Å². The minimum atomic E-state index is -0.242. The maximum atomic E-state index is 5.53. The molecule has 4 heterocycles. The molecule has 2 atom stereocenters. The average molecular weight is 921 g/mol. The van der Waals surface area contributed by atoms with Crippen molar-refractivity contribution in [2.75, 3.05) is 9.80 Å². The Balaban J connectivity index is 0.949. The average Bonchev–Trinajstić information content (AvgIpc) is 3.97. The first-order chi connectivity index (χ1) is 35.7. The van der Waals surface area contributed by atoms with Crippen molar-refractivity contribution in [2.45, 2.75) is 12.0 Å². The standard InChI is InChI=1S/C64H40N8/c1-5-25-43-39(17-1)21-13-31-49(43)59-65-60(50-32-14-22-40-18-2-6-26-44(40)50)68-63(67-59)71-55-36-12-10-30-53(55)57-56(71)38-37-48-47-29-9-11-35-54(47)72(58(48)57)64-69-61(51-33-15-23-41-19-3-7-27-45(41)51)66-62(70-64)52-34-16-24-42-20-4-8-28-46(42)52/h1-38,57-58H. The van der Waals surface area contributed by atoms with Gasteiger partial charge in [0.1, 0.15) is 0 Å². The van der Waals surface area contributed by atoms with Gasteiger partial charge in [-0.15, -0.1) is 0 Å². The highest BCUT2D eigenvalue weighted by molar-refractivity contribution is 6.01. The number of nitrogens with zero attached hydrogens (tertiary/aromatic N) is 8. The molecule has 3 aliphatic rings. The quantitative estimate of drug-likeness (QED) is 0.163. The lowest BCUT2D eigenvalue weighted by Gasteiger charge is -2.34. The van der Waals surface area contributed by atoms with Gasteiger partial charge >= 0.3 is 0 Å². The summed E-state index contributed by atoms with van der Waals surface area (Å²) in [7, 11) is 0. The molecule has 8 nitrogen and oxygen atoms in total. The molecule has 0 saturated carbocycles. The van der Waals surface area contributed by atoms with Crippen LogP contribution < -0.4 is 9.80 Å². The van der Waals surface area contributed by atoms with Crippen LogP contribution in [0.1, 0.15) is 17.0 Å². The minimum Gasteiger partial charge on any atom is -0.301 e. The van der Waals surface area contributed by atoms with E-state index in [9.17, 15) is 0 Å². The normalized spacial score (nSPS) is 15.6. The Morgan fingerprint density at radius 1 is 0.306 bits per heavy atom. The van der Waals surface area contributed by atoms with Crippen LogP contribution in [-0.4, -0.2) is 35.9 Å². The number of rotatable bonds is 6. The van der Waals surface area contributed by atoms with Crippen LogP contribution in [0.3, 0.4) is 0 Å². The van der Waals surface area contributed by atoms with Gasteiger partial charge in [0.05, 0.1) is 23.3 Å². The van der Waals surface area contributed by atoms with Crippen LogP contribution in [-0.2, 0) is 0 Å². The van der Waals surface area contributed by atoms with Crippen LogP contribution in [0.15, 0.2) is 236 Å². The van der Waals surface area contributed by atoms with Gasteiger partial charge in [-0.2, -0.15) is 19.9 Å². The lowest BCUT2D eigenvalue weighted by Crippen LogP contribution is -2.36. The first-order valence-electron chi connectivity index (χ1n) is 24.4. The molecule has 336 valence electrons. The third kappa shape index (κ3) is 6.19. The van der Waals surface area contributed by atoms with Crippen molar-refractivity contribution in [3.63, 3.8) is 0 Å². The lowest BCUT2D eigenvalue weighted by atomic mass is 9.82. The van der Waals surface area contributed by atoms with Gasteiger partial charge in [-0.3, -0.25) is 4.90 Å². The van der Waals surface area contributed by atoms with Crippen molar-refractivity contribution in [1.82, 2.24) is 29.9 Å². The molecule has 2 aromatic heterocycles. The maximum Gasteiger partial charge on any atom is 0.238 e. The first kappa shape index (κ1) is 40.2. The van der Waals surface area contributed by atoms with Gasteiger partial charge in [0.15, 0.2) is 23.3 Å². The van der Waals surface area contributed by atoms with E-state index in [1.807, 2.05) is 0 Å². The van der Waals surface area contributed by atoms with Crippen molar-refractivity contribution in [3.8, 4) is 45.6 Å². The van der Waals surface area contributed by atoms with E-state index in [0.29, 0.717) is 35.2 Å². The topological polar surface area (TPSA) is 83.8 Å². The Labute approximate surface area is 414 Å². The van der Waals surface area contributed by atoms with Gasteiger partial charge < -0.3 is 4.90 Å².